The van der Waals surface area contributed by atoms with Crippen LogP contribution in [-0.4, -0.2) is 28.9 Å². The predicted octanol–water partition coefficient (Wildman–Crippen LogP) is 4.70. The van der Waals surface area contributed by atoms with Crippen LogP contribution in [0.25, 0.3) is 0 Å². The molecule has 39 heavy (non-hydrogen) atoms. The molecule has 8 heteroatoms. The smallest absolute Gasteiger partial charge is 0.271 e. The van der Waals surface area contributed by atoms with E-state index in [1.54, 1.807) is 42.6 Å². The number of halogens is 1. The van der Waals surface area contributed by atoms with Gasteiger partial charge < -0.3 is 0 Å². The number of carbonyl (C=O) groups excluding carboxylic acids is 3. The van der Waals surface area contributed by atoms with Gasteiger partial charge in [-0.1, -0.05) is 72.3 Å². The number of amides is 3. The van der Waals surface area contributed by atoms with Gasteiger partial charge >= 0.3 is 0 Å². The third-order valence-electron chi connectivity index (χ3n) is 8.15. The molecule has 2 atom stereocenters. The molecule has 7 nitrogen and oxygen atoms in total. The number of pyridine rings is 1. The summed E-state index contributed by atoms with van der Waals surface area (Å²) in [6.07, 6.45) is 4.70. The quantitative estimate of drug-likeness (QED) is 0.234. The van der Waals surface area contributed by atoms with Crippen LogP contribution in [0, 0.1) is 11.8 Å². The molecular weight excluding hydrogens is 512 g/mol. The van der Waals surface area contributed by atoms with Gasteiger partial charge in [-0.2, -0.15) is 5.10 Å². The van der Waals surface area contributed by atoms with Gasteiger partial charge in [-0.15, -0.1) is 0 Å². The Morgan fingerprint density at radius 1 is 0.872 bits per heavy atom. The number of nitrogens with one attached hydrogen (secondary N) is 1. The molecule has 1 saturated heterocycles. The number of rotatable bonds is 4. The molecule has 1 N–H and O–H groups in total. The van der Waals surface area contributed by atoms with Crippen molar-refractivity contribution in [2.45, 2.75) is 11.3 Å². The van der Waals surface area contributed by atoms with E-state index in [1.165, 1.54) is 17.3 Å². The largest absolute Gasteiger partial charge is 0.274 e. The van der Waals surface area contributed by atoms with Crippen molar-refractivity contribution < 1.29 is 14.4 Å². The van der Waals surface area contributed by atoms with E-state index in [0.717, 1.165) is 22.3 Å². The molecule has 1 fully saturated rings. The topological polar surface area (TPSA) is 91.7 Å². The zero-order valence-electron chi connectivity index (χ0n) is 20.5. The van der Waals surface area contributed by atoms with Crippen molar-refractivity contribution in [3.05, 3.63) is 130 Å². The van der Waals surface area contributed by atoms with Gasteiger partial charge in [0.1, 0.15) is 0 Å². The van der Waals surface area contributed by atoms with E-state index in [9.17, 15) is 14.4 Å². The van der Waals surface area contributed by atoms with E-state index in [1.807, 2.05) is 48.5 Å². The second-order valence-electron chi connectivity index (χ2n) is 9.92. The Labute approximate surface area is 229 Å². The fourth-order valence-electron chi connectivity index (χ4n) is 6.68. The Balaban J connectivity index is 1.43. The maximum absolute atomic E-state index is 14.3. The highest BCUT2D eigenvalue weighted by molar-refractivity contribution is 6.36. The Kier molecular flexibility index (Phi) is 5.25. The Hall–Kier alpha value is -4.62. The number of hydrogen-bond donors (Lipinski definition) is 1. The highest BCUT2D eigenvalue weighted by atomic mass is 35.5. The summed E-state index contributed by atoms with van der Waals surface area (Å²) in [6, 6.07) is 25.8. The molecule has 0 saturated carbocycles. The molecule has 3 amide bonds. The Morgan fingerprint density at radius 3 is 2.15 bits per heavy atom. The van der Waals surface area contributed by atoms with Crippen molar-refractivity contribution in [3.63, 3.8) is 0 Å². The first kappa shape index (κ1) is 23.5. The average Bonchev–Trinajstić information content (AvgIpc) is 3.24. The van der Waals surface area contributed by atoms with Crippen LogP contribution in [0.3, 0.4) is 0 Å². The molecule has 2 heterocycles. The molecule has 1 aliphatic heterocycles. The standard InChI is InChI=1S/C31H21ClN4O3/c32-23-11-5-6-12-24(23)36-29(38)26-25-19-7-1-3-9-21(19)31(27(26)30(36)39,22-10-4-2-8-20(22)25)17-34-35-28(37)18-13-15-33-16-14-18/h1-17,25-27H,(H,35,37)/b34-17-/t25?,26-,27+,31?/m1/s1. The van der Waals surface area contributed by atoms with Crippen molar-refractivity contribution in [3.8, 4) is 0 Å². The van der Waals surface area contributed by atoms with Gasteiger partial charge in [-0.3, -0.25) is 19.4 Å². The van der Waals surface area contributed by atoms with Gasteiger partial charge in [-0.25, -0.2) is 10.3 Å². The number of benzene rings is 3. The van der Waals surface area contributed by atoms with Gasteiger partial charge in [0, 0.05) is 30.1 Å². The predicted molar refractivity (Wildman–Crippen MR) is 147 cm³/mol. The summed E-state index contributed by atoms with van der Waals surface area (Å²) >= 11 is 6.49. The lowest BCUT2D eigenvalue weighted by atomic mass is 9.47. The van der Waals surface area contributed by atoms with Gasteiger partial charge in [0.2, 0.25) is 11.8 Å². The summed E-state index contributed by atoms with van der Waals surface area (Å²) < 4.78 is 0. The number of carbonyl (C=O) groups is 3. The molecule has 0 spiro atoms. The SMILES string of the molecule is O=C(N/N=C\C12c3ccccc3C(c3ccccc31)[C@H]1C(=O)N(c3ccccc3Cl)C(=O)[C@H]12)c1ccncc1. The van der Waals surface area contributed by atoms with Crippen LogP contribution in [-0.2, 0) is 15.0 Å². The normalized spacial score (nSPS) is 24.4. The number of para-hydroxylation sites is 1. The van der Waals surface area contributed by atoms with Crippen LogP contribution < -0.4 is 10.3 Å². The number of hydrazone groups is 1. The minimum Gasteiger partial charge on any atom is -0.274 e. The average molecular weight is 533 g/mol. The maximum Gasteiger partial charge on any atom is 0.271 e. The fraction of sp³-hybridized carbons (Fsp3) is 0.129. The Morgan fingerprint density at radius 2 is 1.49 bits per heavy atom. The summed E-state index contributed by atoms with van der Waals surface area (Å²) in [4.78, 5) is 46.5. The lowest BCUT2D eigenvalue weighted by Crippen LogP contribution is -2.54. The highest BCUT2D eigenvalue weighted by Crippen LogP contribution is 2.63. The first-order valence-corrected chi connectivity index (χ1v) is 13.0. The summed E-state index contributed by atoms with van der Waals surface area (Å²) in [7, 11) is 0. The number of imide groups is 1. The van der Waals surface area contributed by atoms with E-state index in [2.05, 4.69) is 15.5 Å². The first-order chi connectivity index (χ1) is 19.0. The van der Waals surface area contributed by atoms with Crippen LogP contribution in [0.5, 0.6) is 0 Å². The van der Waals surface area contributed by atoms with Crippen molar-refractivity contribution in [1.29, 1.82) is 0 Å². The van der Waals surface area contributed by atoms with Crippen molar-refractivity contribution in [2.24, 2.45) is 16.9 Å². The summed E-state index contributed by atoms with van der Waals surface area (Å²) in [5.41, 5.74) is 6.07. The van der Waals surface area contributed by atoms with Crippen molar-refractivity contribution >= 4 is 41.2 Å². The third-order valence-corrected chi connectivity index (χ3v) is 8.47. The molecule has 3 aromatic carbocycles. The molecule has 190 valence electrons. The molecule has 0 radical (unpaired) electrons. The van der Waals surface area contributed by atoms with Crippen molar-refractivity contribution in [1.82, 2.24) is 10.4 Å². The lowest BCUT2D eigenvalue weighted by molar-refractivity contribution is -0.122. The van der Waals surface area contributed by atoms with E-state index in [0.29, 0.717) is 16.3 Å². The van der Waals surface area contributed by atoms with Crippen LogP contribution in [0.15, 0.2) is 102 Å². The molecule has 1 aromatic heterocycles. The summed E-state index contributed by atoms with van der Waals surface area (Å²) in [5.74, 6) is -2.74. The highest BCUT2D eigenvalue weighted by Gasteiger charge is 2.68. The molecule has 3 aliphatic carbocycles. The van der Waals surface area contributed by atoms with Crippen molar-refractivity contribution in [2.75, 3.05) is 4.90 Å². The second-order valence-corrected chi connectivity index (χ2v) is 10.3. The minimum absolute atomic E-state index is 0.286. The zero-order chi connectivity index (χ0) is 26.7. The summed E-state index contributed by atoms with van der Waals surface area (Å²) in [6.45, 7) is 0. The monoisotopic (exact) mass is 532 g/mol. The molecule has 4 aromatic rings. The van der Waals surface area contributed by atoms with E-state index in [-0.39, 0.29) is 17.7 Å². The van der Waals surface area contributed by atoms with Crippen LogP contribution in [0.1, 0.15) is 38.5 Å². The zero-order valence-corrected chi connectivity index (χ0v) is 21.2. The fourth-order valence-corrected chi connectivity index (χ4v) is 6.90. The van der Waals surface area contributed by atoms with Gasteiger partial charge in [0.25, 0.3) is 5.91 Å². The van der Waals surface area contributed by atoms with E-state index < -0.39 is 23.2 Å². The maximum atomic E-state index is 14.3. The Bertz CT molecular complexity index is 1660. The third kappa shape index (κ3) is 3.20. The number of hydrogen-bond acceptors (Lipinski definition) is 5. The lowest BCUT2D eigenvalue weighted by Gasteiger charge is -2.52. The summed E-state index contributed by atoms with van der Waals surface area (Å²) in [5, 5.41) is 4.75. The van der Waals surface area contributed by atoms with Gasteiger partial charge in [0.15, 0.2) is 0 Å². The molecule has 8 rings (SSSR count). The first-order valence-electron chi connectivity index (χ1n) is 12.6. The molecule has 2 bridgehead atoms. The van der Waals surface area contributed by atoms with E-state index in [4.69, 9.17) is 11.6 Å². The molecule has 4 aliphatic rings. The van der Waals surface area contributed by atoms with Crippen LogP contribution in [0.2, 0.25) is 5.02 Å². The number of nitrogens with zero attached hydrogens (tertiary/aromatic N) is 3. The van der Waals surface area contributed by atoms with Crippen LogP contribution in [0.4, 0.5) is 5.69 Å². The number of anilines is 1. The van der Waals surface area contributed by atoms with Crippen LogP contribution >= 0.6 is 11.6 Å². The minimum atomic E-state index is -1.08. The second kappa shape index (κ2) is 8.71. The number of aromatic nitrogens is 1. The molecular formula is C31H21ClN4O3. The van der Waals surface area contributed by atoms with E-state index >= 15 is 0 Å². The molecule has 0 unspecified atom stereocenters. The van der Waals surface area contributed by atoms with Gasteiger partial charge in [-0.05, 0) is 46.5 Å². The van der Waals surface area contributed by atoms with Gasteiger partial charge in [0.05, 0.1) is 28.0 Å².